The maximum atomic E-state index is 14.1. The number of amides is 11. The van der Waals surface area contributed by atoms with Crippen molar-refractivity contribution in [3.05, 3.63) is 42.1 Å². The lowest BCUT2D eigenvalue weighted by Crippen LogP contribution is -2.62. The molecule has 0 saturated carbocycles. The number of nitrogens with one attached hydrogen (secondary N) is 11. The summed E-state index contributed by atoms with van der Waals surface area (Å²) in [6.07, 6.45) is 7.81. The first-order chi connectivity index (χ1) is 43.1. The summed E-state index contributed by atoms with van der Waals surface area (Å²) in [6, 6.07) is -8.14. The minimum atomic E-state index is -2.10. The molecule has 19 N–H and O–H groups in total. The van der Waals surface area contributed by atoms with Gasteiger partial charge in [0.15, 0.2) is 0 Å². The van der Waals surface area contributed by atoms with E-state index in [-0.39, 0.29) is 30.7 Å². The Morgan fingerprint density at radius 3 is 1.84 bits per heavy atom. The molecule has 512 valence electrons. The summed E-state index contributed by atoms with van der Waals surface area (Å²) >= 11 is 0. The first-order valence-electron chi connectivity index (χ1n) is 31.1. The van der Waals surface area contributed by atoms with Crippen LogP contribution in [0.5, 0.6) is 5.75 Å². The minimum Gasteiger partial charge on any atom is -0.508 e. The smallest absolute Gasteiger partial charge is 0.307 e. The lowest BCUT2D eigenvalue weighted by Gasteiger charge is -2.29. The first kappa shape index (κ1) is 79.3. The Balaban J connectivity index is 2.21. The Hall–Kier alpha value is -7.84. The number of esters is 1. The summed E-state index contributed by atoms with van der Waals surface area (Å²) in [5.41, 5.74) is 5.57. The maximum absolute atomic E-state index is 14.1. The number of benzene rings is 1. The number of hydrogen-bond donors (Lipinski definition) is 18. The van der Waals surface area contributed by atoms with E-state index in [2.05, 4.69) is 72.0 Å². The number of phenolic OH excluding ortho intramolecular Hbond substituents is 1. The molecule has 1 aliphatic rings. The van der Waals surface area contributed by atoms with Gasteiger partial charge in [-0.05, 0) is 50.3 Å². The SMILES string of the molecule is C=C1NC(=O)C(C(C)C)NC(=O)C(NC(=O)CNC(=O)[C@H](CCO)NC(=O)[C@H](CO)NC(=O)[C@@H](NC(=O)[C@@H](NC(=O)[C@@H](O)[C@@H](N)CCCCCCCCCCCCCCC)[C@@H](C)O)[C@@H](O)c2ccc(O)cc2)CCOC(=O)CCNC(=O)[C@H](C)NC(=O)CNC1=O. The molecule has 0 bridgehead atoms. The quantitative estimate of drug-likeness (QED) is 0.0183. The highest BCUT2D eigenvalue weighted by molar-refractivity contribution is 6.01. The van der Waals surface area contributed by atoms with E-state index in [0.29, 0.717) is 6.42 Å². The fourth-order valence-electron chi connectivity index (χ4n) is 9.22. The van der Waals surface area contributed by atoms with E-state index in [1.165, 1.54) is 77.8 Å². The third-order valence-corrected chi connectivity index (χ3v) is 14.7. The molecule has 91 heavy (non-hydrogen) atoms. The largest absolute Gasteiger partial charge is 0.508 e. The second-order valence-corrected chi connectivity index (χ2v) is 22.8. The highest BCUT2D eigenvalue weighted by atomic mass is 16.5. The Morgan fingerprint density at radius 2 is 1.26 bits per heavy atom. The lowest BCUT2D eigenvalue weighted by atomic mass is 9.99. The van der Waals surface area contributed by atoms with E-state index in [1.807, 2.05) is 0 Å². The van der Waals surface area contributed by atoms with Crippen LogP contribution in [-0.4, -0.2) is 202 Å². The number of phenols is 1. The number of cyclic esters (lactones) is 1. The summed E-state index contributed by atoms with van der Waals surface area (Å²) in [5.74, 6) is -13.4. The number of nitrogens with two attached hydrogens (primary N) is 1. The number of aromatic hydroxyl groups is 1. The summed E-state index contributed by atoms with van der Waals surface area (Å²) in [4.78, 5) is 159. The topological polar surface area (TPSA) is 494 Å². The second kappa shape index (κ2) is 43.0. The van der Waals surface area contributed by atoms with Crippen molar-refractivity contribution in [2.24, 2.45) is 11.7 Å². The first-order valence-corrected chi connectivity index (χ1v) is 31.1. The molecule has 1 saturated heterocycles. The fourth-order valence-corrected chi connectivity index (χ4v) is 9.22. The van der Waals surface area contributed by atoms with Crippen molar-refractivity contribution in [1.82, 2.24) is 58.5 Å². The molecule has 31 nitrogen and oxygen atoms in total. The summed E-state index contributed by atoms with van der Waals surface area (Å²) in [5, 5.41) is 88.3. The van der Waals surface area contributed by atoms with Gasteiger partial charge in [-0.15, -0.1) is 0 Å². The van der Waals surface area contributed by atoms with Crippen molar-refractivity contribution < 1.29 is 92.9 Å². The molecular formula is C60H98N12O19. The molecule has 1 aliphatic heterocycles. The number of aliphatic hydroxyl groups is 5. The Kier molecular flexibility index (Phi) is 37.5. The molecule has 11 amide bonds. The molecule has 11 atom stereocenters. The number of hydrogen-bond acceptors (Lipinski definition) is 20. The average Bonchev–Trinajstić information content (AvgIpc) is 1.94. The van der Waals surface area contributed by atoms with Crippen molar-refractivity contribution in [2.75, 3.05) is 39.5 Å². The standard InChI is InChI=1S/C60H98N12O19/c1-7-8-9-10-11-12-13-14-15-16-17-18-19-20-40(61)51(81)60(90)71-48(37(6)75)58(88)72-49(50(80)38-21-23-39(76)24-22-38)59(89)69-43(33-74)56(86)68-41(26-29-73)54(84)64-32-45(78)67-42-27-30-91-46(79)25-28-62-52(82)35(4)65-44(77)31-63-53(83)36(5)66-57(87)47(34(2)3)70-55(42)85/h21-24,34-35,37,40-43,47-51,73-76,80-81H,5,7-20,25-33,61H2,1-4,6H3,(H,62,82)(H,63,83)(H,64,84)(H,65,77)(H,66,87)(H,67,78)(H,68,86)(H,69,89)(H,70,85)(H,71,90)(H,72,88)/t35-,37+,40-,41-,42?,43-,47?,48-,49-,50-,51-/m0/s1. The zero-order chi connectivity index (χ0) is 68.2. The van der Waals surface area contributed by atoms with Crippen molar-refractivity contribution in [3.8, 4) is 5.75 Å². The zero-order valence-corrected chi connectivity index (χ0v) is 52.8. The van der Waals surface area contributed by atoms with E-state index in [1.54, 1.807) is 0 Å². The van der Waals surface area contributed by atoms with Crippen LogP contribution in [0.4, 0.5) is 0 Å². The van der Waals surface area contributed by atoms with Gasteiger partial charge in [0, 0.05) is 25.6 Å². The molecule has 0 spiro atoms. The number of rotatable bonds is 34. The van der Waals surface area contributed by atoms with E-state index in [0.717, 1.165) is 51.2 Å². The Morgan fingerprint density at radius 1 is 0.692 bits per heavy atom. The molecule has 0 aromatic heterocycles. The normalized spacial score (nSPS) is 19.3. The van der Waals surface area contributed by atoms with E-state index >= 15 is 0 Å². The van der Waals surface area contributed by atoms with Crippen LogP contribution >= 0.6 is 0 Å². The Labute approximate surface area is 530 Å². The average molecular weight is 1290 g/mol. The number of ether oxygens (including phenoxy) is 1. The molecule has 31 heteroatoms. The third-order valence-electron chi connectivity index (χ3n) is 14.7. The number of aliphatic hydroxyl groups excluding tert-OH is 5. The predicted molar refractivity (Wildman–Crippen MR) is 328 cm³/mol. The van der Waals surface area contributed by atoms with Crippen LogP contribution in [0.3, 0.4) is 0 Å². The van der Waals surface area contributed by atoms with Crippen LogP contribution in [-0.2, 0) is 62.3 Å². The van der Waals surface area contributed by atoms with Gasteiger partial charge in [0.25, 0.3) is 11.8 Å². The van der Waals surface area contributed by atoms with Gasteiger partial charge in [0.2, 0.25) is 53.2 Å². The third kappa shape index (κ3) is 30.2. The summed E-state index contributed by atoms with van der Waals surface area (Å²) < 4.78 is 5.21. The van der Waals surface area contributed by atoms with E-state index in [9.17, 15) is 88.2 Å². The van der Waals surface area contributed by atoms with Crippen LogP contribution in [0.25, 0.3) is 0 Å². The second-order valence-electron chi connectivity index (χ2n) is 22.8. The monoisotopic (exact) mass is 1290 g/mol. The highest BCUT2D eigenvalue weighted by Gasteiger charge is 2.38. The zero-order valence-electron chi connectivity index (χ0n) is 52.8. The van der Waals surface area contributed by atoms with Gasteiger partial charge < -0.3 is 99.6 Å². The molecule has 2 unspecified atom stereocenters. The highest BCUT2D eigenvalue weighted by Crippen LogP contribution is 2.21. The lowest BCUT2D eigenvalue weighted by molar-refractivity contribution is -0.144. The van der Waals surface area contributed by atoms with Crippen LogP contribution in [0, 0.1) is 5.92 Å². The van der Waals surface area contributed by atoms with Crippen molar-refractivity contribution >= 4 is 70.9 Å². The molecular weight excluding hydrogens is 1190 g/mol. The molecule has 2 rings (SSSR count). The number of carbonyl (C=O) groups excluding carboxylic acids is 12. The van der Waals surface area contributed by atoms with Crippen molar-refractivity contribution in [1.29, 1.82) is 0 Å². The Bertz CT molecular complexity index is 2560. The van der Waals surface area contributed by atoms with Gasteiger partial charge in [0.05, 0.1) is 44.5 Å². The molecule has 1 aromatic carbocycles. The summed E-state index contributed by atoms with van der Waals surface area (Å²) in [6.45, 7) is 6.96. The van der Waals surface area contributed by atoms with Crippen LogP contribution in [0.1, 0.15) is 155 Å². The molecule has 1 aromatic rings. The van der Waals surface area contributed by atoms with Gasteiger partial charge in [-0.1, -0.05) is 123 Å². The van der Waals surface area contributed by atoms with E-state index < -0.39 is 195 Å². The van der Waals surface area contributed by atoms with Crippen LogP contribution < -0.4 is 64.2 Å². The van der Waals surface area contributed by atoms with Crippen LogP contribution in [0.15, 0.2) is 36.5 Å². The van der Waals surface area contributed by atoms with Crippen molar-refractivity contribution in [3.63, 3.8) is 0 Å². The molecule has 0 radical (unpaired) electrons. The fraction of sp³-hybridized carbons (Fsp3) is 0.667. The van der Waals surface area contributed by atoms with Gasteiger partial charge in [-0.2, -0.15) is 0 Å². The number of carbonyl (C=O) groups is 12. The predicted octanol–water partition coefficient (Wildman–Crippen LogP) is -3.26. The minimum absolute atomic E-state index is 0.0836. The van der Waals surface area contributed by atoms with E-state index in [4.69, 9.17) is 10.5 Å². The van der Waals surface area contributed by atoms with Gasteiger partial charge in [0.1, 0.15) is 60.3 Å². The van der Waals surface area contributed by atoms with Crippen LogP contribution in [0.2, 0.25) is 0 Å². The molecule has 0 aliphatic carbocycles. The van der Waals surface area contributed by atoms with Gasteiger partial charge in [-0.25, -0.2) is 0 Å². The van der Waals surface area contributed by atoms with Crippen molar-refractivity contribution in [2.45, 2.75) is 210 Å². The van der Waals surface area contributed by atoms with Gasteiger partial charge >= 0.3 is 5.97 Å². The maximum Gasteiger partial charge on any atom is 0.307 e. The summed E-state index contributed by atoms with van der Waals surface area (Å²) in [7, 11) is 0. The molecule has 1 heterocycles. The van der Waals surface area contributed by atoms with Gasteiger partial charge in [-0.3, -0.25) is 57.5 Å². The molecule has 1 fully saturated rings. The number of unbranched alkanes of at least 4 members (excludes halogenated alkanes) is 12.